The van der Waals surface area contributed by atoms with Crippen molar-refractivity contribution in [3.63, 3.8) is 0 Å². The molecule has 7 heteroatoms. The van der Waals surface area contributed by atoms with E-state index in [9.17, 15) is 4.79 Å². The molecule has 132 valence electrons. The smallest absolute Gasteiger partial charge is 0.330 e. The summed E-state index contributed by atoms with van der Waals surface area (Å²) in [6.45, 7) is 0. The maximum absolute atomic E-state index is 12.6. The number of hydrogen-bond acceptors (Lipinski definition) is 4. The number of pyridine rings is 1. The Balaban J connectivity index is 1.39. The second-order valence-corrected chi connectivity index (χ2v) is 7.01. The van der Waals surface area contributed by atoms with E-state index < -0.39 is 0 Å². The van der Waals surface area contributed by atoms with Gasteiger partial charge in [0, 0.05) is 32.4 Å². The van der Waals surface area contributed by atoms with Crippen molar-refractivity contribution >= 4 is 28.1 Å². The van der Waals surface area contributed by atoms with Gasteiger partial charge in [0.1, 0.15) is 0 Å². The molecule has 0 spiro atoms. The summed E-state index contributed by atoms with van der Waals surface area (Å²) in [6.07, 6.45) is 3.52. The Bertz CT molecular complexity index is 1180. The molecule has 3 heterocycles. The molecule has 0 radical (unpaired) electrons. The van der Waals surface area contributed by atoms with Gasteiger partial charge >= 0.3 is 5.69 Å². The molecule has 0 amide bonds. The van der Waals surface area contributed by atoms with Crippen LogP contribution in [0.1, 0.15) is 18.9 Å². The average Bonchev–Trinajstić information content (AvgIpc) is 3.07. The molecule has 26 heavy (non-hydrogen) atoms. The highest BCUT2D eigenvalue weighted by atomic mass is 16.1. The molecular weight excluding hydrogens is 328 g/mol. The molecule has 1 fully saturated rings. The topological polar surface area (TPSA) is 69.7 Å². The van der Waals surface area contributed by atoms with Crippen LogP contribution in [-0.4, -0.2) is 29.7 Å². The first-order chi connectivity index (χ1) is 12.6. The third-order valence-corrected chi connectivity index (χ3v) is 5.45. The lowest BCUT2D eigenvalue weighted by molar-refractivity contribution is 0.279. The first-order valence-electron chi connectivity index (χ1n) is 8.83. The Morgan fingerprint density at radius 3 is 2.62 bits per heavy atom. The van der Waals surface area contributed by atoms with Crippen LogP contribution in [0.5, 0.6) is 0 Å². The fraction of sp³-hybridized carbons (Fsp3) is 0.316. The van der Waals surface area contributed by atoms with Crippen LogP contribution in [0, 0.1) is 0 Å². The van der Waals surface area contributed by atoms with Crippen molar-refractivity contribution in [2.45, 2.75) is 24.9 Å². The van der Waals surface area contributed by atoms with Crippen LogP contribution in [0.25, 0.3) is 22.2 Å². The lowest BCUT2D eigenvalue weighted by Gasteiger charge is -2.36. The van der Waals surface area contributed by atoms with Gasteiger partial charge in [-0.3, -0.25) is 9.13 Å². The van der Waals surface area contributed by atoms with Crippen molar-refractivity contribution < 1.29 is 0 Å². The van der Waals surface area contributed by atoms with Gasteiger partial charge in [0.2, 0.25) is 5.95 Å². The molecule has 4 aromatic rings. The number of nitrogens with one attached hydrogen (secondary N) is 1. The molecule has 1 N–H and O–H groups in total. The predicted molar refractivity (Wildman–Crippen MR) is 101 cm³/mol. The van der Waals surface area contributed by atoms with E-state index in [2.05, 4.69) is 25.9 Å². The van der Waals surface area contributed by atoms with Gasteiger partial charge in [-0.15, -0.1) is 0 Å². The first kappa shape index (κ1) is 15.2. The molecule has 1 saturated carbocycles. The number of fused-ring (bicyclic) bond motifs is 2. The zero-order chi connectivity index (χ0) is 17.8. The van der Waals surface area contributed by atoms with E-state index in [1.165, 1.54) is 0 Å². The van der Waals surface area contributed by atoms with E-state index in [4.69, 9.17) is 0 Å². The Kier molecular flexibility index (Phi) is 3.19. The normalized spacial score (nSPS) is 19.8. The highest BCUT2D eigenvalue weighted by Crippen LogP contribution is 2.35. The van der Waals surface area contributed by atoms with Gasteiger partial charge in [-0.25, -0.2) is 14.8 Å². The zero-order valence-electron chi connectivity index (χ0n) is 14.8. The van der Waals surface area contributed by atoms with Gasteiger partial charge in [0.25, 0.3) is 0 Å². The van der Waals surface area contributed by atoms with E-state index in [0.29, 0.717) is 6.04 Å². The van der Waals surface area contributed by atoms with Crippen LogP contribution in [0.2, 0.25) is 0 Å². The minimum atomic E-state index is 0.00452. The molecule has 3 aromatic heterocycles. The largest absolute Gasteiger partial charge is 0.353 e. The number of benzene rings is 1. The molecule has 0 atom stereocenters. The molecule has 0 unspecified atom stereocenters. The quantitative estimate of drug-likeness (QED) is 0.617. The SMILES string of the molecule is Cn1c(N[C@H]2C[C@H](n3c(=O)n(C)c4cccnc43)C2)nc2ccccc21. The number of aromatic nitrogens is 5. The van der Waals surface area contributed by atoms with Crippen molar-refractivity contribution in [2.75, 3.05) is 5.32 Å². The third-order valence-electron chi connectivity index (χ3n) is 5.45. The van der Waals surface area contributed by atoms with Crippen LogP contribution < -0.4 is 11.0 Å². The number of imidazole rings is 2. The Labute approximate surface area is 149 Å². The monoisotopic (exact) mass is 348 g/mol. The summed E-state index contributed by atoms with van der Waals surface area (Å²) in [5.74, 6) is 0.873. The van der Waals surface area contributed by atoms with Gasteiger partial charge in [-0.05, 0) is 37.1 Å². The number of para-hydroxylation sites is 2. The van der Waals surface area contributed by atoms with Crippen LogP contribution in [0.4, 0.5) is 5.95 Å². The summed E-state index contributed by atoms with van der Waals surface area (Å²) in [4.78, 5) is 21.7. The Hall–Kier alpha value is -3.09. The lowest BCUT2D eigenvalue weighted by Crippen LogP contribution is -2.41. The van der Waals surface area contributed by atoms with E-state index in [0.717, 1.165) is 41.0 Å². The summed E-state index contributed by atoms with van der Waals surface area (Å²) in [5, 5.41) is 3.52. The lowest BCUT2D eigenvalue weighted by atomic mass is 9.86. The molecule has 7 nitrogen and oxygen atoms in total. The van der Waals surface area contributed by atoms with Crippen molar-refractivity contribution in [1.29, 1.82) is 0 Å². The molecular formula is C19H20N6O. The molecule has 1 aliphatic rings. The first-order valence-corrected chi connectivity index (χ1v) is 8.83. The fourth-order valence-corrected chi connectivity index (χ4v) is 3.89. The summed E-state index contributed by atoms with van der Waals surface area (Å²) in [6, 6.07) is 12.4. The maximum atomic E-state index is 12.6. The molecule has 1 aromatic carbocycles. The fourth-order valence-electron chi connectivity index (χ4n) is 3.89. The van der Waals surface area contributed by atoms with E-state index >= 15 is 0 Å². The summed E-state index contributed by atoms with van der Waals surface area (Å²) >= 11 is 0. The van der Waals surface area contributed by atoms with Gasteiger partial charge in [-0.2, -0.15) is 0 Å². The zero-order valence-corrected chi connectivity index (χ0v) is 14.8. The predicted octanol–water partition coefficient (Wildman–Crippen LogP) is 2.44. The summed E-state index contributed by atoms with van der Waals surface area (Å²) < 4.78 is 5.59. The number of hydrogen-bond donors (Lipinski definition) is 1. The Morgan fingerprint density at radius 1 is 1.04 bits per heavy atom. The van der Waals surface area contributed by atoms with Crippen molar-refractivity contribution in [1.82, 2.24) is 23.7 Å². The summed E-state index contributed by atoms with van der Waals surface area (Å²) in [7, 11) is 3.82. The van der Waals surface area contributed by atoms with Crippen LogP contribution in [0.3, 0.4) is 0 Å². The van der Waals surface area contributed by atoms with E-state index in [1.807, 2.05) is 41.9 Å². The minimum absolute atomic E-state index is 0.00452. The molecule has 0 bridgehead atoms. The van der Waals surface area contributed by atoms with Crippen molar-refractivity contribution in [3.05, 3.63) is 53.1 Å². The highest BCUT2D eigenvalue weighted by Gasteiger charge is 2.34. The molecule has 1 aliphatic carbocycles. The number of nitrogens with zero attached hydrogens (tertiary/aromatic N) is 5. The van der Waals surface area contributed by atoms with Crippen molar-refractivity contribution in [2.24, 2.45) is 14.1 Å². The average molecular weight is 348 g/mol. The molecule has 0 saturated heterocycles. The maximum Gasteiger partial charge on any atom is 0.330 e. The second-order valence-electron chi connectivity index (χ2n) is 7.01. The molecule has 5 rings (SSSR count). The highest BCUT2D eigenvalue weighted by molar-refractivity contribution is 5.78. The summed E-state index contributed by atoms with van der Waals surface area (Å²) in [5.41, 5.74) is 3.75. The Morgan fingerprint density at radius 2 is 1.81 bits per heavy atom. The van der Waals surface area contributed by atoms with Gasteiger partial charge in [-0.1, -0.05) is 12.1 Å². The van der Waals surface area contributed by atoms with Gasteiger partial charge in [0.15, 0.2) is 5.65 Å². The second kappa shape index (κ2) is 5.45. The van der Waals surface area contributed by atoms with Crippen molar-refractivity contribution in [3.8, 4) is 0 Å². The minimum Gasteiger partial charge on any atom is -0.353 e. The number of anilines is 1. The van der Waals surface area contributed by atoms with Crippen LogP contribution in [-0.2, 0) is 14.1 Å². The van der Waals surface area contributed by atoms with E-state index in [-0.39, 0.29) is 11.7 Å². The third kappa shape index (κ3) is 2.09. The van der Waals surface area contributed by atoms with E-state index in [1.54, 1.807) is 17.8 Å². The van der Waals surface area contributed by atoms with Crippen LogP contribution in [0.15, 0.2) is 47.4 Å². The standard InChI is InChI=1S/C19H20N6O/c1-23-15-7-4-3-6-14(15)22-18(23)21-12-10-13(11-12)25-17-16(8-5-9-20-17)24(2)19(25)26/h3-9,12-13H,10-11H2,1-2H3,(H,21,22)/t12-,13-. The number of aryl methyl sites for hydroxylation is 2. The van der Waals surface area contributed by atoms with Crippen LogP contribution >= 0.6 is 0 Å². The van der Waals surface area contributed by atoms with Gasteiger partial charge in [0.05, 0.1) is 16.6 Å². The number of rotatable bonds is 3. The van der Waals surface area contributed by atoms with Gasteiger partial charge < -0.3 is 9.88 Å². The molecule has 0 aliphatic heterocycles.